The highest BCUT2D eigenvalue weighted by atomic mass is 35.5. The molecule has 1 atom stereocenters. The van der Waals surface area contributed by atoms with Crippen LogP contribution >= 0.6 is 23.4 Å². The fourth-order valence-corrected chi connectivity index (χ4v) is 3.72. The van der Waals surface area contributed by atoms with Gasteiger partial charge in [-0.1, -0.05) is 65.0 Å². The van der Waals surface area contributed by atoms with Crippen LogP contribution in [0.4, 0.5) is 0 Å². The monoisotopic (exact) mass is 367 g/mol. The minimum absolute atomic E-state index is 0.246. The van der Waals surface area contributed by atoms with Gasteiger partial charge in [0.2, 0.25) is 0 Å². The van der Waals surface area contributed by atoms with Crippen LogP contribution in [0, 0.1) is 0 Å². The molecule has 5 nitrogen and oxygen atoms in total. The summed E-state index contributed by atoms with van der Waals surface area (Å²) < 4.78 is 1.68. The van der Waals surface area contributed by atoms with Crippen molar-refractivity contribution in [1.82, 2.24) is 25.0 Å². The van der Waals surface area contributed by atoms with Crippen molar-refractivity contribution in [2.45, 2.75) is 17.2 Å². The number of nitrogens with zero attached hydrogens (tertiary/aromatic N) is 5. The Morgan fingerprint density at radius 3 is 2.68 bits per heavy atom. The van der Waals surface area contributed by atoms with Crippen LogP contribution in [0.1, 0.15) is 17.7 Å². The van der Waals surface area contributed by atoms with Crippen molar-refractivity contribution in [2.75, 3.05) is 0 Å². The summed E-state index contributed by atoms with van der Waals surface area (Å²) in [6.45, 7) is 2.15. The second-order valence-corrected chi connectivity index (χ2v) is 7.27. The van der Waals surface area contributed by atoms with Crippen molar-refractivity contribution in [1.29, 1.82) is 0 Å². The molecule has 0 N–H and O–H groups in total. The summed E-state index contributed by atoms with van der Waals surface area (Å²) in [6.07, 6.45) is 1.55. The standard InChI is InChI=1S/C18H14ClN5S/c1-12(13-6-3-2-4-7-13)25-18-16-17(20-11-21-18)24(23-22-16)15-9-5-8-14(19)10-15/h2-12H,1H3/t12-/m0/s1. The maximum atomic E-state index is 6.08. The first-order valence-electron chi connectivity index (χ1n) is 7.76. The van der Waals surface area contributed by atoms with E-state index in [1.807, 2.05) is 42.5 Å². The minimum Gasteiger partial charge on any atom is -0.227 e. The maximum Gasteiger partial charge on any atom is 0.187 e. The Bertz CT molecular complexity index is 1020. The average Bonchev–Trinajstić information content (AvgIpc) is 3.07. The van der Waals surface area contributed by atoms with E-state index in [1.54, 1.807) is 22.8 Å². The van der Waals surface area contributed by atoms with Gasteiger partial charge in [-0.25, -0.2) is 9.97 Å². The van der Waals surface area contributed by atoms with Gasteiger partial charge in [0.15, 0.2) is 11.2 Å². The van der Waals surface area contributed by atoms with Gasteiger partial charge < -0.3 is 0 Å². The third-order valence-corrected chi connectivity index (χ3v) is 5.20. The molecule has 7 heteroatoms. The van der Waals surface area contributed by atoms with E-state index in [4.69, 9.17) is 11.6 Å². The van der Waals surface area contributed by atoms with Crippen molar-refractivity contribution in [3.63, 3.8) is 0 Å². The van der Waals surface area contributed by atoms with Crippen molar-refractivity contribution in [3.8, 4) is 5.69 Å². The predicted molar refractivity (Wildman–Crippen MR) is 100 cm³/mol. The van der Waals surface area contributed by atoms with Gasteiger partial charge in [0.1, 0.15) is 11.4 Å². The normalized spacial score (nSPS) is 12.4. The predicted octanol–water partition coefficient (Wildman–Crippen LogP) is 4.72. The second kappa shape index (κ2) is 6.82. The summed E-state index contributed by atoms with van der Waals surface area (Å²) in [6, 6.07) is 17.8. The summed E-state index contributed by atoms with van der Waals surface area (Å²) in [5.41, 5.74) is 3.41. The third-order valence-electron chi connectivity index (χ3n) is 3.81. The van der Waals surface area contributed by atoms with E-state index in [0.717, 1.165) is 10.7 Å². The summed E-state index contributed by atoms with van der Waals surface area (Å²) in [5.74, 6) is 0. The first kappa shape index (κ1) is 16.1. The average molecular weight is 368 g/mol. The second-order valence-electron chi connectivity index (χ2n) is 5.50. The van der Waals surface area contributed by atoms with Gasteiger partial charge >= 0.3 is 0 Å². The molecule has 4 aromatic rings. The third kappa shape index (κ3) is 3.23. The van der Waals surface area contributed by atoms with E-state index < -0.39 is 0 Å². The van der Waals surface area contributed by atoms with Gasteiger partial charge in [0, 0.05) is 10.3 Å². The summed E-state index contributed by atoms with van der Waals surface area (Å²) in [7, 11) is 0. The van der Waals surface area contributed by atoms with E-state index in [0.29, 0.717) is 16.2 Å². The summed E-state index contributed by atoms with van der Waals surface area (Å²) in [4.78, 5) is 8.77. The van der Waals surface area contributed by atoms with Crippen molar-refractivity contribution in [2.24, 2.45) is 0 Å². The van der Waals surface area contributed by atoms with Crippen LogP contribution < -0.4 is 0 Å². The van der Waals surface area contributed by atoms with E-state index in [-0.39, 0.29) is 5.25 Å². The first-order valence-corrected chi connectivity index (χ1v) is 9.02. The molecule has 25 heavy (non-hydrogen) atoms. The highest BCUT2D eigenvalue weighted by Gasteiger charge is 2.16. The number of thioether (sulfide) groups is 1. The summed E-state index contributed by atoms with van der Waals surface area (Å²) in [5, 5.41) is 10.2. The molecule has 2 heterocycles. The smallest absolute Gasteiger partial charge is 0.187 e. The lowest BCUT2D eigenvalue weighted by Gasteiger charge is -2.10. The number of rotatable bonds is 4. The minimum atomic E-state index is 0.246. The summed E-state index contributed by atoms with van der Waals surface area (Å²) >= 11 is 7.73. The molecule has 0 bridgehead atoms. The molecule has 0 aliphatic carbocycles. The Morgan fingerprint density at radius 1 is 1.04 bits per heavy atom. The van der Waals surface area contributed by atoms with Crippen molar-refractivity contribution < 1.29 is 0 Å². The number of aromatic nitrogens is 5. The fourth-order valence-electron chi connectivity index (χ4n) is 2.56. The van der Waals surface area contributed by atoms with Crippen LogP contribution in [0.15, 0.2) is 66.0 Å². The molecular weight excluding hydrogens is 354 g/mol. The number of hydrogen-bond acceptors (Lipinski definition) is 5. The quantitative estimate of drug-likeness (QED) is 0.386. The highest BCUT2D eigenvalue weighted by Crippen LogP contribution is 2.36. The van der Waals surface area contributed by atoms with Crippen molar-refractivity contribution >= 4 is 34.5 Å². The van der Waals surface area contributed by atoms with Gasteiger partial charge in [-0.05, 0) is 30.7 Å². The lowest BCUT2D eigenvalue weighted by atomic mass is 10.2. The Morgan fingerprint density at radius 2 is 1.88 bits per heavy atom. The number of benzene rings is 2. The van der Waals surface area contributed by atoms with E-state index in [9.17, 15) is 0 Å². The Hall–Kier alpha value is -2.44. The zero-order valence-corrected chi connectivity index (χ0v) is 14.9. The molecule has 4 rings (SSSR count). The number of fused-ring (bicyclic) bond motifs is 1. The molecule has 0 saturated carbocycles. The largest absolute Gasteiger partial charge is 0.227 e. The van der Waals surface area contributed by atoms with E-state index in [2.05, 4.69) is 39.3 Å². The van der Waals surface area contributed by atoms with Gasteiger partial charge in [0.25, 0.3) is 0 Å². The Balaban J connectivity index is 1.72. The molecule has 0 amide bonds. The van der Waals surface area contributed by atoms with Gasteiger partial charge in [-0.3, -0.25) is 0 Å². The van der Waals surface area contributed by atoms with E-state index >= 15 is 0 Å². The zero-order chi connectivity index (χ0) is 17.2. The van der Waals surface area contributed by atoms with E-state index in [1.165, 1.54) is 5.56 Å². The highest BCUT2D eigenvalue weighted by molar-refractivity contribution is 7.99. The van der Waals surface area contributed by atoms with Crippen molar-refractivity contribution in [3.05, 3.63) is 71.5 Å². The molecular formula is C18H14ClN5S. The lowest BCUT2D eigenvalue weighted by Crippen LogP contribution is -1.98. The lowest BCUT2D eigenvalue weighted by molar-refractivity contribution is 0.817. The van der Waals surface area contributed by atoms with Crippen LogP contribution in [-0.4, -0.2) is 25.0 Å². The zero-order valence-electron chi connectivity index (χ0n) is 13.4. The molecule has 0 fully saturated rings. The van der Waals surface area contributed by atoms with Crippen LogP contribution in [-0.2, 0) is 0 Å². The fraction of sp³-hybridized carbons (Fsp3) is 0.111. The Kier molecular flexibility index (Phi) is 4.38. The van der Waals surface area contributed by atoms with Crippen LogP contribution in [0.2, 0.25) is 5.02 Å². The molecule has 124 valence electrons. The Labute approximate surface area is 154 Å². The molecule has 0 radical (unpaired) electrons. The molecule has 0 aliphatic rings. The molecule has 2 aromatic carbocycles. The van der Waals surface area contributed by atoms with Crippen LogP contribution in [0.5, 0.6) is 0 Å². The number of hydrogen-bond donors (Lipinski definition) is 0. The SMILES string of the molecule is C[C@H](Sc1ncnc2c1nnn2-c1cccc(Cl)c1)c1ccccc1. The van der Waals surface area contributed by atoms with Crippen LogP contribution in [0.25, 0.3) is 16.9 Å². The first-order chi connectivity index (χ1) is 12.2. The van der Waals surface area contributed by atoms with Crippen LogP contribution in [0.3, 0.4) is 0 Å². The van der Waals surface area contributed by atoms with Gasteiger partial charge in [0.05, 0.1) is 5.69 Å². The van der Waals surface area contributed by atoms with Gasteiger partial charge in [-0.15, -0.1) is 5.10 Å². The molecule has 0 spiro atoms. The molecule has 0 unspecified atom stereocenters. The maximum absolute atomic E-state index is 6.08. The molecule has 0 aliphatic heterocycles. The molecule has 2 aromatic heterocycles. The number of halogens is 1. The van der Waals surface area contributed by atoms with Gasteiger partial charge in [-0.2, -0.15) is 4.68 Å². The molecule has 0 saturated heterocycles. The topological polar surface area (TPSA) is 56.5 Å².